The van der Waals surface area contributed by atoms with Gasteiger partial charge in [0.05, 0.1) is 24.3 Å². The van der Waals surface area contributed by atoms with Crippen LogP contribution < -0.4 is 27.0 Å². The molecule has 1 saturated heterocycles. The van der Waals surface area contributed by atoms with Crippen LogP contribution in [-0.4, -0.2) is 123 Å². The zero-order valence-corrected chi connectivity index (χ0v) is 33.7. The Hall–Kier alpha value is -3.02. The van der Waals surface area contributed by atoms with E-state index >= 15 is 0 Å². The third-order valence-electron chi connectivity index (χ3n) is 10.2. The molecular formula is C37H62N12O2P2. The highest BCUT2D eigenvalue weighted by molar-refractivity contribution is 7.16. The van der Waals surface area contributed by atoms with Crippen molar-refractivity contribution >= 4 is 53.0 Å². The number of likely N-dealkylation sites (tertiary alicyclic amines) is 1. The highest BCUT2D eigenvalue weighted by atomic mass is 31.0. The van der Waals surface area contributed by atoms with Gasteiger partial charge in [-0.25, -0.2) is 4.98 Å². The maximum atomic E-state index is 13.0. The maximum Gasteiger partial charge on any atom is 0.239 e. The molecule has 1 aliphatic heterocycles. The minimum absolute atomic E-state index is 0.0518. The SMILES string of the molecule is N[C@@H](CCC(=O)N1CCC(Nc2nc(NCc3cn(CCCNCCCNC4CCCCC4)nn3)nc3ccccc23)CC1)C(=O)N(CCP)CCP. The number of aryl methyl sites for hydroxylation is 1. The zero-order chi connectivity index (χ0) is 37.3. The van der Waals surface area contributed by atoms with E-state index in [2.05, 4.69) is 50.1 Å². The molecule has 53 heavy (non-hydrogen) atoms. The Bertz CT molecular complexity index is 1540. The van der Waals surface area contributed by atoms with E-state index in [1.54, 1.807) is 4.90 Å². The predicted molar refractivity (Wildman–Crippen MR) is 220 cm³/mol. The number of nitrogens with zero attached hydrogens (tertiary/aromatic N) is 7. The van der Waals surface area contributed by atoms with E-state index in [1.807, 2.05) is 40.0 Å². The Kier molecular flexibility index (Phi) is 17.4. The number of nitrogens with one attached hydrogen (secondary N) is 4. The number of piperidine rings is 1. The van der Waals surface area contributed by atoms with Crippen LogP contribution in [0.15, 0.2) is 30.5 Å². The standard InChI is InChI=1S/C37H62N12O2P2/c38-32(36(51)48(22-24-52)23-25-53)12-13-34(50)47-20-14-29(15-21-47)42-35-31-10-4-5-11-33(31)43-37(44-35)41-26-30-27-49(46-45-30)19-7-17-39-16-6-18-40-28-8-2-1-3-9-28/h4-5,10-11,27-29,32,39-40H,1-3,6-9,12-26,38,52-53H2,(H2,41,42,43,44)/t32-/m0/s1. The molecule has 2 aromatic heterocycles. The fourth-order valence-corrected chi connectivity index (χ4v) is 7.81. The number of para-hydroxylation sites is 1. The highest BCUT2D eigenvalue weighted by Gasteiger charge is 2.26. The second-order valence-electron chi connectivity index (χ2n) is 14.3. The summed E-state index contributed by atoms with van der Waals surface area (Å²) in [6, 6.07) is 8.22. The van der Waals surface area contributed by atoms with Crippen molar-refractivity contribution in [2.45, 2.75) is 102 Å². The van der Waals surface area contributed by atoms with Crippen molar-refractivity contribution in [1.82, 2.24) is 45.4 Å². The molecule has 3 heterocycles. The number of aromatic nitrogens is 5. The number of hydrogen-bond donors (Lipinski definition) is 5. The van der Waals surface area contributed by atoms with E-state index in [4.69, 9.17) is 15.7 Å². The molecule has 0 radical (unpaired) electrons. The van der Waals surface area contributed by atoms with Crippen LogP contribution in [0.3, 0.4) is 0 Å². The van der Waals surface area contributed by atoms with Gasteiger partial charge in [0.2, 0.25) is 17.8 Å². The number of amides is 2. The minimum atomic E-state index is -0.660. The summed E-state index contributed by atoms with van der Waals surface area (Å²) in [5.41, 5.74) is 7.90. The number of nitrogens with two attached hydrogens (primary N) is 1. The van der Waals surface area contributed by atoms with E-state index in [-0.39, 0.29) is 24.3 Å². The van der Waals surface area contributed by atoms with Gasteiger partial charge in [-0.2, -0.15) is 4.98 Å². The molecule has 3 atom stereocenters. The van der Waals surface area contributed by atoms with Crippen LogP contribution in [-0.2, 0) is 22.7 Å². The molecule has 0 bridgehead atoms. The quantitative estimate of drug-likeness (QED) is 0.0752. The van der Waals surface area contributed by atoms with Gasteiger partial charge < -0.3 is 36.8 Å². The van der Waals surface area contributed by atoms with Crippen LogP contribution in [0.2, 0.25) is 0 Å². The number of fused-ring (bicyclic) bond motifs is 1. The van der Waals surface area contributed by atoms with Gasteiger partial charge in [-0.3, -0.25) is 14.3 Å². The summed E-state index contributed by atoms with van der Waals surface area (Å²) in [4.78, 5) is 39.1. The Morgan fingerprint density at radius 3 is 2.47 bits per heavy atom. The Morgan fingerprint density at radius 2 is 1.70 bits per heavy atom. The molecule has 5 rings (SSSR count). The highest BCUT2D eigenvalue weighted by Crippen LogP contribution is 2.25. The molecule has 1 aliphatic carbocycles. The number of anilines is 2. The van der Waals surface area contributed by atoms with E-state index in [0.717, 1.165) is 92.6 Å². The molecule has 2 unspecified atom stereocenters. The molecule has 1 aromatic carbocycles. The number of rotatable bonds is 22. The molecule has 3 aromatic rings. The van der Waals surface area contributed by atoms with Crippen LogP contribution in [0.5, 0.6) is 0 Å². The zero-order valence-electron chi connectivity index (χ0n) is 31.4. The summed E-state index contributed by atoms with van der Waals surface area (Å²) < 4.78 is 1.90. The molecule has 6 N–H and O–H groups in total. The normalized spacial score (nSPS) is 16.2. The molecule has 2 fully saturated rings. The van der Waals surface area contributed by atoms with Crippen molar-refractivity contribution in [1.29, 1.82) is 0 Å². The summed E-state index contributed by atoms with van der Waals surface area (Å²) in [6.07, 6.45) is 14.8. The lowest BCUT2D eigenvalue weighted by Crippen LogP contribution is -2.46. The first-order valence-electron chi connectivity index (χ1n) is 19.8. The predicted octanol–water partition coefficient (Wildman–Crippen LogP) is 3.21. The smallest absolute Gasteiger partial charge is 0.239 e. The van der Waals surface area contributed by atoms with E-state index < -0.39 is 6.04 Å². The van der Waals surface area contributed by atoms with Gasteiger partial charge in [0.1, 0.15) is 11.5 Å². The lowest BCUT2D eigenvalue weighted by atomic mass is 9.95. The molecule has 2 aliphatic rings. The topological polar surface area (TPSA) is 171 Å². The van der Waals surface area contributed by atoms with Crippen molar-refractivity contribution < 1.29 is 9.59 Å². The van der Waals surface area contributed by atoms with Crippen LogP contribution in [0.4, 0.5) is 11.8 Å². The number of benzene rings is 1. The Morgan fingerprint density at radius 1 is 0.943 bits per heavy atom. The molecule has 16 heteroatoms. The molecule has 292 valence electrons. The lowest BCUT2D eigenvalue weighted by molar-refractivity contribution is -0.134. The first-order valence-corrected chi connectivity index (χ1v) is 21.4. The first-order chi connectivity index (χ1) is 25.9. The van der Waals surface area contributed by atoms with Crippen molar-refractivity contribution in [2.24, 2.45) is 5.73 Å². The summed E-state index contributed by atoms with van der Waals surface area (Å²) in [7, 11) is 5.30. The number of hydrogen-bond acceptors (Lipinski definition) is 11. The van der Waals surface area contributed by atoms with Crippen LogP contribution >= 0.6 is 18.5 Å². The average Bonchev–Trinajstić information content (AvgIpc) is 3.65. The van der Waals surface area contributed by atoms with Gasteiger partial charge in [0.25, 0.3) is 0 Å². The van der Waals surface area contributed by atoms with Crippen molar-refractivity contribution in [2.75, 3.05) is 68.8 Å². The maximum absolute atomic E-state index is 13.0. The van der Waals surface area contributed by atoms with E-state index in [1.165, 1.54) is 32.1 Å². The summed E-state index contributed by atoms with van der Waals surface area (Å²) >= 11 is 0. The molecular weight excluding hydrogens is 706 g/mol. The first kappa shape index (κ1) is 41.1. The molecule has 0 spiro atoms. The summed E-state index contributed by atoms with van der Waals surface area (Å²) in [5.74, 6) is 1.27. The fourth-order valence-electron chi connectivity index (χ4n) is 7.19. The van der Waals surface area contributed by atoms with Crippen molar-refractivity contribution in [3.05, 3.63) is 36.2 Å². The third-order valence-corrected chi connectivity index (χ3v) is 10.7. The van der Waals surface area contributed by atoms with E-state index in [9.17, 15) is 9.59 Å². The van der Waals surface area contributed by atoms with Gasteiger partial charge in [0.15, 0.2) is 0 Å². The van der Waals surface area contributed by atoms with Crippen molar-refractivity contribution in [3.8, 4) is 0 Å². The molecule has 2 amide bonds. The Labute approximate surface area is 319 Å². The lowest BCUT2D eigenvalue weighted by Gasteiger charge is -2.33. The Balaban J connectivity index is 1.03. The summed E-state index contributed by atoms with van der Waals surface area (Å²) in [5, 5.41) is 23.9. The van der Waals surface area contributed by atoms with Gasteiger partial charge in [-0.15, -0.1) is 23.6 Å². The summed E-state index contributed by atoms with van der Waals surface area (Å²) in [6.45, 7) is 6.95. The largest absolute Gasteiger partial charge is 0.367 e. The number of carbonyl (C=O) groups excluding carboxylic acids is 2. The van der Waals surface area contributed by atoms with Gasteiger partial charge in [0, 0.05) is 56.6 Å². The average molecular weight is 769 g/mol. The van der Waals surface area contributed by atoms with Gasteiger partial charge in [-0.05, 0) is 89.0 Å². The molecule has 14 nitrogen and oxygen atoms in total. The monoisotopic (exact) mass is 768 g/mol. The minimum Gasteiger partial charge on any atom is -0.367 e. The number of carbonyl (C=O) groups is 2. The van der Waals surface area contributed by atoms with Crippen molar-refractivity contribution in [3.63, 3.8) is 0 Å². The van der Waals surface area contributed by atoms with Gasteiger partial charge in [-0.1, -0.05) is 36.6 Å². The molecule has 1 saturated carbocycles. The van der Waals surface area contributed by atoms with Crippen LogP contribution in [0.1, 0.15) is 76.3 Å². The van der Waals surface area contributed by atoms with Crippen LogP contribution in [0.25, 0.3) is 10.9 Å². The fraction of sp³-hybridized carbons (Fsp3) is 0.676. The second kappa shape index (κ2) is 22.4. The van der Waals surface area contributed by atoms with Crippen LogP contribution in [0, 0.1) is 0 Å². The van der Waals surface area contributed by atoms with E-state index in [0.29, 0.717) is 45.1 Å². The van der Waals surface area contributed by atoms with Gasteiger partial charge >= 0.3 is 0 Å². The third kappa shape index (κ3) is 13.4. The second-order valence-corrected chi connectivity index (χ2v) is 15.5.